The minimum atomic E-state index is -0.621. The number of fused-ring (bicyclic) bond motifs is 1. The summed E-state index contributed by atoms with van der Waals surface area (Å²) >= 11 is 2.36. The van der Waals surface area contributed by atoms with E-state index >= 15 is 0 Å². The Kier molecular flexibility index (Phi) is 5.18. The van der Waals surface area contributed by atoms with Crippen LogP contribution in [0, 0.1) is 3.70 Å². The summed E-state index contributed by atoms with van der Waals surface area (Å²) in [5.41, 5.74) is 3.97. The summed E-state index contributed by atoms with van der Waals surface area (Å²) in [4.78, 5) is 0. The minimum absolute atomic E-state index is 0.368. The Bertz CT molecular complexity index is 1300. The van der Waals surface area contributed by atoms with Gasteiger partial charge in [-0.3, -0.25) is 0 Å². The highest BCUT2D eigenvalue weighted by Gasteiger charge is 2.40. The fraction of sp³-hybridized carbons (Fsp3) is 0.138. The third-order valence-electron chi connectivity index (χ3n) is 6.33. The van der Waals surface area contributed by atoms with E-state index in [2.05, 4.69) is 136 Å². The van der Waals surface area contributed by atoms with E-state index in [1.165, 1.54) is 16.7 Å². The molecule has 4 aromatic carbocycles. The fourth-order valence-corrected chi connectivity index (χ4v) is 5.32. The zero-order valence-corrected chi connectivity index (χ0v) is 20.2. The Morgan fingerprint density at radius 2 is 1.24 bits per heavy atom. The zero-order chi connectivity index (χ0) is 22.3. The molecule has 162 valence electrons. The minimum Gasteiger partial charge on any atom is -0.490 e. The van der Waals surface area contributed by atoms with Crippen molar-refractivity contribution in [3.63, 3.8) is 0 Å². The van der Waals surface area contributed by atoms with Gasteiger partial charge in [0.15, 0.2) is 0 Å². The van der Waals surface area contributed by atoms with Gasteiger partial charge in [0.25, 0.3) is 0 Å². The van der Waals surface area contributed by atoms with Gasteiger partial charge < -0.3 is 4.74 Å². The third kappa shape index (κ3) is 3.53. The molecule has 0 spiro atoms. The van der Waals surface area contributed by atoms with Gasteiger partial charge in [0.2, 0.25) is 0 Å². The number of hydrogen-bond donors (Lipinski definition) is 0. The highest BCUT2D eigenvalue weighted by atomic mass is 127. The lowest BCUT2D eigenvalue weighted by Gasteiger charge is -2.37. The van der Waals surface area contributed by atoms with Crippen molar-refractivity contribution in [3.8, 4) is 5.75 Å². The summed E-state index contributed by atoms with van der Waals surface area (Å²) in [5.74, 6) is 0.923. The van der Waals surface area contributed by atoms with Crippen molar-refractivity contribution >= 4 is 33.5 Å². The quantitative estimate of drug-likeness (QED) is 0.170. The average Bonchev–Trinajstić information content (AvgIpc) is 3.64. The maximum atomic E-state index is 6.10. The van der Waals surface area contributed by atoms with Crippen LogP contribution in [0.1, 0.15) is 29.5 Å². The molecule has 1 saturated carbocycles. The van der Waals surface area contributed by atoms with Gasteiger partial charge in [-0.05, 0) is 70.3 Å². The van der Waals surface area contributed by atoms with Crippen molar-refractivity contribution in [3.05, 3.63) is 130 Å². The fourth-order valence-electron chi connectivity index (χ4n) is 4.67. The zero-order valence-electron chi connectivity index (χ0n) is 18.1. The maximum absolute atomic E-state index is 6.10. The average molecular weight is 542 g/mol. The van der Waals surface area contributed by atoms with Gasteiger partial charge in [-0.15, -0.1) is 0 Å². The second-order valence-corrected chi connectivity index (χ2v) is 9.53. The molecule has 0 unspecified atom stereocenters. The molecule has 1 aromatic heterocycles. The van der Waals surface area contributed by atoms with Crippen LogP contribution in [-0.2, 0) is 5.54 Å². The first-order chi connectivity index (χ1) is 16.3. The van der Waals surface area contributed by atoms with E-state index in [0.29, 0.717) is 6.10 Å². The maximum Gasteiger partial charge on any atom is 0.138 e. The molecule has 5 aromatic rings. The molecule has 0 aliphatic heterocycles. The first kappa shape index (κ1) is 20.5. The Hall–Kier alpha value is -3.12. The molecule has 6 rings (SSSR count). The molecule has 4 heteroatoms. The summed E-state index contributed by atoms with van der Waals surface area (Å²) in [7, 11) is 0. The van der Waals surface area contributed by atoms with E-state index in [9.17, 15) is 0 Å². The predicted molar refractivity (Wildman–Crippen MR) is 141 cm³/mol. The van der Waals surface area contributed by atoms with Crippen LogP contribution in [0.15, 0.2) is 109 Å². The SMILES string of the molecule is Ic1nn(C(c2ccccc2)(c2ccccc2)c2ccccc2)c2ccc(OC3CC3)cc12. The second kappa shape index (κ2) is 8.34. The molecule has 0 saturated heterocycles. The van der Waals surface area contributed by atoms with Crippen LogP contribution >= 0.6 is 22.6 Å². The van der Waals surface area contributed by atoms with Crippen LogP contribution in [0.4, 0.5) is 0 Å². The normalized spacial score (nSPS) is 13.8. The van der Waals surface area contributed by atoms with E-state index in [0.717, 1.165) is 33.2 Å². The van der Waals surface area contributed by atoms with E-state index < -0.39 is 5.54 Å². The van der Waals surface area contributed by atoms with Crippen molar-refractivity contribution in [2.45, 2.75) is 24.5 Å². The van der Waals surface area contributed by atoms with Crippen LogP contribution in [-0.4, -0.2) is 15.9 Å². The summed E-state index contributed by atoms with van der Waals surface area (Å²) in [6.45, 7) is 0. The van der Waals surface area contributed by atoms with Gasteiger partial charge in [-0.2, -0.15) is 5.10 Å². The first-order valence-corrected chi connectivity index (χ1v) is 12.4. The lowest BCUT2D eigenvalue weighted by atomic mass is 9.77. The van der Waals surface area contributed by atoms with Gasteiger partial charge in [-0.1, -0.05) is 91.0 Å². The summed E-state index contributed by atoms with van der Waals surface area (Å²) < 4.78 is 9.26. The molecule has 0 bridgehead atoms. The van der Waals surface area contributed by atoms with Crippen molar-refractivity contribution < 1.29 is 4.74 Å². The third-order valence-corrected chi connectivity index (χ3v) is 7.12. The number of aromatic nitrogens is 2. The van der Waals surface area contributed by atoms with Crippen molar-refractivity contribution in [2.24, 2.45) is 0 Å². The lowest BCUT2D eigenvalue weighted by Crippen LogP contribution is -2.38. The number of hydrogen-bond acceptors (Lipinski definition) is 2. The number of ether oxygens (including phenoxy) is 1. The van der Waals surface area contributed by atoms with Crippen molar-refractivity contribution in [1.29, 1.82) is 0 Å². The Balaban J connectivity index is 1.69. The van der Waals surface area contributed by atoms with Crippen molar-refractivity contribution in [1.82, 2.24) is 9.78 Å². The summed E-state index contributed by atoms with van der Waals surface area (Å²) in [6, 6.07) is 38.4. The Morgan fingerprint density at radius 1 is 0.727 bits per heavy atom. The molecule has 1 fully saturated rings. The predicted octanol–water partition coefficient (Wildman–Crippen LogP) is 7.02. The molecular weight excluding hydrogens is 519 g/mol. The molecule has 1 aliphatic rings. The number of nitrogens with zero attached hydrogens (tertiary/aromatic N) is 2. The molecule has 33 heavy (non-hydrogen) atoms. The smallest absolute Gasteiger partial charge is 0.138 e. The standard InChI is InChI=1S/C29H23IN2O/c30-28-26-20-25(33-24-16-17-24)18-19-27(26)32(31-28)29(21-10-4-1-5-11-21,22-12-6-2-7-13-22)23-14-8-3-9-15-23/h1-15,18-20,24H,16-17H2. The molecule has 0 amide bonds. The van der Waals surface area contributed by atoms with E-state index in [-0.39, 0.29) is 0 Å². The van der Waals surface area contributed by atoms with Gasteiger partial charge in [0.05, 0.1) is 11.6 Å². The Labute approximate surface area is 207 Å². The largest absolute Gasteiger partial charge is 0.490 e. The molecule has 1 heterocycles. The molecule has 0 radical (unpaired) electrons. The lowest BCUT2D eigenvalue weighted by molar-refractivity contribution is 0.303. The van der Waals surface area contributed by atoms with Crippen LogP contribution in [0.25, 0.3) is 10.9 Å². The topological polar surface area (TPSA) is 27.1 Å². The highest BCUT2D eigenvalue weighted by Crippen LogP contribution is 2.43. The van der Waals surface area contributed by atoms with Gasteiger partial charge in [0.1, 0.15) is 15.0 Å². The van der Waals surface area contributed by atoms with Gasteiger partial charge in [-0.25, -0.2) is 4.68 Å². The highest BCUT2D eigenvalue weighted by molar-refractivity contribution is 14.1. The number of halogens is 1. The molecule has 0 atom stereocenters. The molecular formula is C29H23IN2O. The molecule has 3 nitrogen and oxygen atoms in total. The monoisotopic (exact) mass is 542 g/mol. The summed E-state index contributed by atoms with van der Waals surface area (Å²) in [6.07, 6.45) is 2.66. The first-order valence-electron chi connectivity index (χ1n) is 11.3. The van der Waals surface area contributed by atoms with Crippen molar-refractivity contribution in [2.75, 3.05) is 0 Å². The van der Waals surface area contributed by atoms with E-state index in [1.54, 1.807) is 0 Å². The van der Waals surface area contributed by atoms with Gasteiger partial charge >= 0.3 is 0 Å². The molecule has 0 N–H and O–H groups in total. The second-order valence-electron chi connectivity index (χ2n) is 8.51. The number of rotatable bonds is 6. The summed E-state index contributed by atoms with van der Waals surface area (Å²) in [5, 5.41) is 6.29. The number of benzene rings is 4. The van der Waals surface area contributed by atoms with E-state index in [1.807, 2.05) is 0 Å². The van der Waals surface area contributed by atoms with Gasteiger partial charge in [0, 0.05) is 5.39 Å². The Morgan fingerprint density at radius 3 is 1.73 bits per heavy atom. The van der Waals surface area contributed by atoms with Crippen LogP contribution < -0.4 is 4.74 Å². The van der Waals surface area contributed by atoms with Crippen LogP contribution in [0.3, 0.4) is 0 Å². The van der Waals surface area contributed by atoms with E-state index in [4.69, 9.17) is 9.84 Å². The van der Waals surface area contributed by atoms with Crippen LogP contribution in [0.2, 0.25) is 0 Å². The molecule has 1 aliphatic carbocycles. The van der Waals surface area contributed by atoms with Crippen LogP contribution in [0.5, 0.6) is 5.75 Å².